The highest BCUT2D eigenvalue weighted by molar-refractivity contribution is 6.30. The summed E-state index contributed by atoms with van der Waals surface area (Å²) in [5.74, 6) is 4.43. The lowest BCUT2D eigenvalue weighted by Crippen LogP contribution is -2.26. The van der Waals surface area contributed by atoms with Gasteiger partial charge in [0.2, 0.25) is 5.88 Å². The molecule has 1 aliphatic rings. The highest BCUT2D eigenvalue weighted by Gasteiger charge is 2.30. The zero-order valence-electron chi connectivity index (χ0n) is 19.4. The molecular weight excluding hydrogens is 460 g/mol. The molecule has 0 unspecified atom stereocenters. The van der Waals surface area contributed by atoms with Crippen LogP contribution in [-0.2, 0) is 9.63 Å². The van der Waals surface area contributed by atoms with Gasteiger partial charge in [0, 0.05) is 11.1 Å². The van der Waals surface area contributed by atoms with Crippen molar-refractivity contribution < 1.29 is 19.5 Å². The molecule has 1 aliphatic heterocycles. The molecule has 0 spiro atoms. The van der Waals surface area contributed by atoms with Gasteiger partial charge in [0.1, 0.15) is 11.4 Å². The molecule has 5 N–H and O–H groups in total. The molecule has 0 radical (unpaired) electrons. The van der Waals surface area contributed by atoms with Crippen LogP contribution in [0.4, 0.5) is 4.79 Å². The lowest BCUT2D eigenvalue weighted by atomic mass is 10.0. The fourth-order valence-corrected chi connectivity index (χ4v) is 3.60. The molecule has 10 heteroatoms. The van der Waals surface area contributed by atoms with E-state index in [4.69, 9.17) is 11.6 Å². The normalized spacial score (nSPS) is 15.2. The summed E-state index contributed by atoms with van der Waals surface area (Å²) in [6.45, 7) is 1.64. The van der Waals surface area contributed by atoms with Gasteiger partial charge in [0.25, 0.3) is 5.91 Å². The molecule has 0 saturated carbocycles. The van der Waals surface area contributed by atoms with Crippen LogP contribution in [0.15, 0.2) is 95.1 Å². The third-order valence-corrected chi connectivity index (χ3v) is 5.36. The Hall–Kier alpha value is -4.80. The predicted molar refractivity (Wildman–Crippen MR) is 135 cm³/mol. The Morgan fingerprint density at radius 2 is 1.72 bits per heavy atom. The quantitative estimate of drug-likeness (QED) is 0.266. The summed E-state index contributed by atoms with van der Waals surface area (Å²) >= 11 is 0. The van der Waals surface area contributed by atoms with E-state index in [0.717, 1.165) is 20.8 Å². The fourth-order valence-electron chi connectivity index (χ4n) is 3.60. The number of amides is 2. The van der Waals surface area contributed by atoms with E-state index in [1.165, 1.54) is 0 Å². The first-order valence-electron chi connectivity index (χ1n) is 10.9. The zero-order chi connectivity index (χ0) is 25.7. The van der Waals surface area contributed by atoms with Gasteiger partial charge in [0.05, 0.1) is 11.1 Å². The Morgan fingerprint density at radius 3 is 2.33 bits per heavy atom. The molecule has 10 nitrogen and oxygen atoms in total. The lowest BCUT2D eigenvalue weighted by molar-refractivity contribution is -0.131. The number of primary amides is 1. The van der Waals surface area contributed by atoms with Gasteiger partial charge in [-0.25, -0.2) is 15.7 Å². The molecule has 0 aliphatic carbocycles. The summed E-state index contributed by atoms with van der Waals surface area (Å²) < 4.78 is 0.747. The predicted octanol–water partition coefficient (Wildman–Crippen LogP) is 3.16. The van der Waals surface area contributed by atoms with Crippen molar-refractivity contribution in [1.82, 2.24) is 14.8 Å². The summed E-state index contributed by atoms with van der Waals surface area (Å²) in [5, 5.41) is 20.2. The molecule has 0 saturated heterocycles. The number of allylic oxidation sites excluding steroid dienone is 4. The van der Waals surface area contributed by atoms with Gasteiger partial charge < -0.3 is 10.8 Å². The number of aromatic nitrogens is 2. The van der Waals surface area contributed by atoms with Crippen LogP contribution in [-0.4, -0.2) is 44.3 Å². The standard InChI is InChI=1S/C26H24N6O4/c1-17(12-14-20-22(18-8-4-2-5-9-18)29-31(16-36-28)24(20)33)13-15-21-23(19-10-6-3-7-11-19)30-32(25(21)34)26(27)35/h2-15,34H,16,28H2,1H3,(H2,27,35). The molecular formula is C26H24N6O4. The number of nitrogens with two attached hydrogens (primary N) is 2. The first-order valence-corrected chi connectivity index (χ1v) is 10.9. The maximum absolute atomic E-state index is 12.9. The first-order chi connectivity index (χ1) is 17.4. The smallest absolute Gasteiger partial charge is 0.342 e. The van der Waals surface area contributed by atoms with E-state index in [1.807, 2.05) is 67.6 Å². The van der Waals surface area contributed by atoms with Gasteiger partial charge in [-0.05, 0) is 19.1 Å². The number of benzene rings is 2. The van der Waals surface area contributed by atoms with Gasteiger partial charge in [-0.1, -0.05) is 78.4 Å². The summed E-state index contributed by atoms with van der Waals surface area (Å²) in [5.41, 5.74) is 9.18. The fraction of sp³-hybridized carbons (Fsp3) is 0.0769. The topological polar surface area (TPSA) is 149 Å². The zero-order valence-corrected chi connectivity index (χ0v) is 19.4. The SMILES string of the molecule is CC(C=Cc1c(-c2ccccc2)nn(C(N)=O)c1O)=CC=C1C(=O)N(CON)N=C1c1ccccc1. The van der Waals surface area contributed by atoms with Crippen LogP contribution in [0.1, 0.15) is 18.1 Å². The number of nitrogens with zero attached hydrogens (tertiary/aromatic N) is 4. The molecule has 4 rings (SSSR count). The lowest BCUT2D eigenvalue weighted by Gasteiger charge is -2.08. The average molecular weight is 485 g/mol. The number of carbonyl (C=O) groups excluding carboxylic acids is 2. The summed E-state index contributed by atoms with van der Waals surface area (Å²) in [7, 11) is 0. The number of hydrogen-bond acceptors (Lipinski definition) is 7. The maximum atomic E-state index is 12.9. The van der Waals surface area contributed by atoms with Crippen molar-refractivity contribution in [3.8, 4) is 17.1 Å². The van der Waals surface area contributed by atoms with Crippen molar-refractivity contribution in [2.45, 2.75) is 6.92 Å². The van der Waals surface area contributed by atoms with Crippen molar-refractivity contribution in [3.05, 3.63) is 101 Å². The van der Waals surface area contributed by atoms with E-state index in [2.05, 4.69) is 15.0 Å². The molecule has 0 bridgehead atoms. The number of rotatable bonds is 7. The van der Waals surface area contributed by atoms with Gasteiger partial charge >= 0.3 is 6.03 Å². The first kappa shape index (κ1) is 24.3. The van der Waals surface area contributed by atoms with E-state index >= 15 is 0 Å². The van der Waals surface area contributed by atoms with Crippen molar-refractivity contribution in [1.29, 1.82) is 0 Å². The van der Waals surface area contributed by atoms with E-state index in [1.54, 1.807) is 24.3 Å². The highest BCUT2D eigenvalue weighted by atomic mass is 16.6. The van der Waals surface area contributed by atoms with Crippen molar-refractivity contribution in [2.75, 3.05) is 6.73 Å². The summed E-state index contributed by atoms with van der Waals surface area (Å²) in [6, 6.07) is 17.5. The molecule has 0 fully saturated rings. The second-order valence-electron chi connectivity index (χ2n) is 7.84. The molecule has 3 aromatic rings. The number of carbonyl (C=O) groups is 2. The van der Waals surface area contributed by atoms with Crippen LogP contribution in [0.3, 0.4) is 0 Å². The number of hydrazone groups is 1. The van der Waals surface area contributed by atoms with E-state index in [9.17, 15) is 14.7 Å². The third kappa shape index (κ3) is 4.99. The molecule has 2 heterocycles. The Labute approximate surface area is 207 Å². The van der Waals surface area contributed by atoms with Crippen LogP contribution < -0.4 is 11.6 Å². The van der Waals surface area contributed by atoms with Gasteiger partial charge in [-0.2, -0.15) is 10.2 Å². The van der Waals surface area contributed by atoms with Crippen molar-refractivity contribution in [3.63, 3.8) is 0 Å². The van der Waals surface area contributed by atoms with Crippen LogP contribution >= 0.6 is 0 Å². The molecule has 0 atom stereocenters. The largest absolute Gasteiger partial charge is 0.493 e. The summed E-state index contributed by atoms with van der Waals surface area (Å²) in [6.07, 6.45) is 6.76. The van der Waals surface area contributed by atoms with Gasteiger partial charge in [-0.15, -0.1) is 4.68 Å². The minimum atomic E-state index is -0.903. The maximum Gasteiger partial charge on any atom is 0.342 e. The van der Waals surface area contributed by atoms with E-state index in [0.29, 0.717) is 28.1 Å². The van der Waals surface area contributed by atoms with E-state index in [-0.39, 0.29) is 18.5 Å². The van der Waals surface area contributed by atoms with Crippen LogP contribution in [0.2, 0.25) is 0 Å². The highest BCUT2D eigenvalue weighted by Crippen LogP contribution is 2.31. The van der Waals surface area contributed by atoms with Crippen molar-refractivity contribution in [2.24, 2.45) is 16.7 Å². The summed E-state index contributed by atoms with van der Waals surface area (Å²) in [4.78, 5) is 29.2. The average Bonchev–Trinajstić information content (AvgIpc) is 3.39. The molecule has 182 valence electrons. The monoisotopic (exact) mass is 484 g/mol. The number of aromatic hydroxyl groups is 1. The second-order valence-corrected chi connectivity index (χ2v) is 7.84. The molecule has 2 aromatic carbocycles. The minimum absolute atomic E-state index is 0.180. The molecule has 2 amide bonds. The van der Waals surface area contributed by atoms with Crippen LogP contribution in [0.5, 0.6) is 5.88 Å². The van der Waals surface area contributed by atoms with E-state index < -0.39 is 6.03 Å². The van der Waals surface area contributed by atoms with Gasteiger partial charge in [0.15, 0.2) is 6.73 Å². The third-order valence-electron chi connectivity index (χ3n) is 5.36. The Kier molecular flexibility index (Phi) is 7.19. The Balaban J connectivity index is 1.67. The van der Waals surface area contributed by atoms with Crippen LogP contribution in [0, 0.1) is 0 Å². The van der Waals surface area contributed by atoms with Gasteiger partial charge in [-0.3, -0.25) is 9.63 Å². The van der Waals surface area contributed by atoms with Crippen LogP contribution in [0.25, 0.3) is 17.3 Å². The molecule has 36 heavy (non-hydrogen) atoms. The Bertz CT molecular complexity index is 1400. The Morgan fingerprint density at radius 1 is 1.08 bits per heavy atom. The second kappa shape index (κ2) is 10.6. The van der Waals surface area contributed by atoms with Crippen molar-refractivity contribution >= 4 is 23.7 Å². The minimum Gasteiger partial charge on any atom is -0.493 e. The molecule has 1 aromatic heterocycles. The number of hydrogen-bond donors (Lipinski definition) is 3.